The maximum atomic E-state index is 12.0. The molecule has 0 atom stereocenters. The van der Waals surface area contributed by atoms with Crippen LogP contribution >= 0.6 is 0 Å². The summed E-state index contributed by atoms with van der Waals surface area (Å²) in [4.78, 5) is 18.0. The van der Waals surface area contributed by atoms with Crippen LogP contribution in [0.3, 0.4) is 0 Å². The van der Waals surface area contributed by atoms with Gasteiger partial charge in [0, 0.05) is 32.5 Å². The number of unbranched alkanes of at least 4 members (excludes halogenated alkanes) is 2. The Balaban J connectivity index is 1.83. The molecular weight excluding hydrogens is 302 g/mol. The molecule has 128 valence electrons. The summed E-state index contributed by atoms with van der Waals surface area (Å²) in [6.07, 6.45) is 7.74. The van der Waals surface area contributed by atoms with E-state index in [0.29, 0.717) is 12.2 Å². The molecule has 0 saturated heterocycles. The van der Waals surface area contributed by atoms with Crippen LogP contribution in [-0.4, -0.2) is 41.2 Å². The third-order valence-electron chi connectivity index (χ3n) is 3.83. The largest absolute Gasteiger partial charge is 0.358 e. The fourth-order valence-electron chi connectivity index (χ4n) is 2.28. The third kappa shape index (κ3) is 5.61. The Morgan fingerprint density at radius 3 is 2.58 bits per heavy atom. The Hall–Kier alpha value is -2.50. The normalized spacial score (nSPS) is 10.4. The summed E-state index contributed by atoms with van der Waals surface area (Å²) in [5.41, 5.74) is 1.59. The van der Waals surface area contributed by atoms with Gasteiger partial charge in [0.2, 0.25) is 0 Å². The molecule has 24 heavy (non-hydrogen) atoms. The number of pyridine rings is 1. The summed E-state index contributed by atoms with van der Waals surface area (Å²) in [6, 6.07) is 7.57. The highest BCUT2D eigenvalue weighted by atomic mass is 16.1. The monoisotopic (exact) mass is 327 g/mol. The number of anilines is 1. The minimum absolute atomic E-state index is 0.162. The number of nitrogens with zero attached hydrogens (tertiary/aromatic N) is 4. The first kappa shape index (κ1) is 17.8. The van der Waals surface area contributed by atoms with E-state index in [1.807, 2.05) is 30.1 Å². The fourth-order valence-corrected chi connectivity index (χ4v) is 2.28. The van der Waals surface area contributed by atoms with E-state index in [1.54, 1.807) is 18.5 Å². The molecule has 0 aliphatic carbocycles. The van der Waals surface area contributed by atoms with Crippen molar-refractivity contribution >= 4 is 11.7 Å². The smallest absolute Gasteiger partial charge is 0.271 e. The Morgan fingerprint density at radius 2 is 1.92 bits per heavy atom. The number of hydrogen-bond acceptors (Lipinski definition) is 5. The summed E-state index contributed by atoms with van der Waals surface area (Å²) >= 11 is 0. The number of carbonyl (C=O) groups is 1. The molecule has 0 aliphatic rings. The van der Waals surface area contributed by atoms with E-state index in [2.05, 4.69) is 27.4 Å². The van der Waals surface area contributed by atoms with Gasteiger partial charge in [0.05, 0.1) is 0 Å². The van der Waals surface area contributed by atoms with E-state index < -0.39 is 0 Å². The minimum Gasteiger partial charge on any atom is -0.358 e. The topological polar surface area (TPSA) is 71.0 Å². The molecule has 2 aromatic rings. The highest BCUT2D eigenvalue weighted by molar-refractivity contribution is 5.92. The van der Waals surface area contributed by atoms with Gasteiger partial charge in [0.15, 0.2) is 11.5 Å². The Morgan fingerprint density at radius 1 is 1.12 bits per heavy atom. The predicted octanol–water partition coefficient (Wildman–Crippen LogP) is 2.47. The molecule has 2 aromatic heterocycles. The highest BCUT2D eigenvalue weighted by Crippen LogP contribution is 2.09. The zero-order chi connectivity index (χ0) is 17.2. The molecule has 6 heteroatoms. The van der Waals surface area contributed by atoms with Gasteiger partial charge in [-0.15, -0.1) is 10.2 Å². The molecule has 1 N–H and O–H groups in total. The SMILES string of the molecule is CCCCCNC(=O)c1ccc(N(C)CCc2ccncc2)nn1. The number of hydrogen-bond donors (Lipinski definition) is 1. The molecule has 2 heterocycles. The summed E-state index contributed by atoms with van der Waals surface area (Å²) in [6.45, 7) is 3.64. The Labute approximate surface area is 143 Å². The molecule has 0 bridgehead atoms. The van der Waals surface area contributed by atoms with Crippen LogP contribution in [0.25, 0.3) is 0 Å². The molecule has 0 aliphatic heterocycles. The summed E-state index contributed by atoms with van der Waals surface area (Å²) < 4.78 is 0. The quantitative estimate of drug-likeness (QED) is 0.716. The van der Waals surface area contributed by atoms with Crippen LogP contribution in [0.15, 0.2) is 36.7 Å². The van der Waals surface area contributed by atoms with Crippen LogP contribution in [0.2, 0.25) is 0 Å². The van der Waals surface area contributed by atoms with Crippen molar-refractivity contribution in [1.29, 1.82) is 0 Å². The van der Waals surface area contributed by atoms with E-state index >= 15 is 0 Å². The fraction of sp³-hybridized carbons (Fsp3) is 0.444. The third-order valence-corrected chi connectivity index (χ3v) is 3.83. The lowest BCUT2D eigenvalue weighted by molar-refractivity contribution is 0.0947. The molecule has 2 rings (SSSR count). The summed E-state index contributed by atoms with van der Waals surface area (Å²) in [5.74, 6) is 0.594. The molecule has 6 nitrogen and oxygen atoms in total. The molecule has 0 unspecified atom stereocenters. The van der Waals surface area contributed by atoms with Gasteiger partial charge in [-0.2, -0.15) is 0 Å². The van der Waals surface area contributed by atoms with Gasteiger partial charge in [-0.3, -0.25) is 9.78 Å². The second-order valence-corrected chi connectivity index (χ2v) is 5.77. The second kappa shape index (κ2) is 9.60. The van der Waals surface area contributed by atoms with Crippen LogP contribution in [0, 0.1) is 0 Å². The first-order valence-electron chi connectivity index (χ1n) is 8.42. The van der Waals surface area contributed by atoms with Gasteiger partial charge in [-0.1, -0.05) is 19.8 Å². The zero-order valence-corrected chi connectivity index (χ0v) is 14.4. The van der Waals surface area contributed by atoms with Gasteiger partial charge in [0.25, 0.3) is 5.91 Å². The van der Waals surface area contributed by atoms with Crippen molar-refractivity contribution in [3.8, 4) is 0 Å². The maximum absolute atomic E-state index is 12.0. The summed E-state index contributed by atoms with van der Waals surface area (Å²) in [7, 11) is 1.97. The highest BCUT2D eigenvalue weighted by Gasteiger charge is 2.09. The zero-order valence-electron chi connectivity index (χ0n) is 14.4. The lowest BCUT2D eigenvalue weighted by Crippen LogP contribution is -2.26. The minimum atomic E-state index is -0.162. The van der Waals surface area contributed by atoms with Crippen molar-refractivity contribution in [1.82, 2.24) is 20.5 Å². The van der Waals surface area contributed by atoms with Crippen molar-refractivity contribution in [2.24, 2.45) is 0 Å². The summed E-state index contributed by atoms with van der Waals surface area (Å²) in [5, 5.41) is 11.1. The number of rotatable bonds is 9. The molecule has 0 fully saturated rings. The van der Waals surface area contributed by atoms with E-state index in [0.717, 1.165) is 38.0 Å². The van der Waals surface area contributed by atoms with Crippen LogP contribution in [0.4, 0.5) is 5.82 Å². The van der Waals surface area contributed by atoms with Crippen LogP contribution in [0.1, 0.15) is 42.2 Å². The van der Waals surface area contributed by atoms with Crippen molar-refractivity contribution in [3.05, 3.63) is 47.9 Å². The Kier molecular flexibility index (Phi) is 7.14. The standard InChI is InChI=1S/C18H25N5O/c1-3-4-5-11-20-18(24)16-6-7-17(22-21-16)23(2)14-10-15-8-12-19-13-9-15/h6-9,12-13H,3-5,10-11,14H2,1-2H3,(H,20,24). The molecule has 1 amide bonds. The van der Waals surface area contributed by atoms with Gasteiger partial charge in [-0.25, -0.2) is 0 Å². The number of likely N-dealkylation sites (N-methyl/N-ethyl adjacent to an activating group) is 1. The molecular formula is C18H25N5O. The van der Waals surface area contributed by atoms with E-state index in [1.165, 1.54) is 5.56 Å². The van der Waals surface area contributed by atoms with Crippen molar-refractivity contribution < 1.29 is 4.79 Å². The lowest BCUT2D eigenvalue weighted by atomic mass is 10.2. The van der Waals surface area contributed by atoms with Gasteiger partial charge in [-0.05, 0) is 42.7 Å². The molecule has 0 spiro atoms. The van der Waals surface area contributed by atoms with E-state index in [4.69, 9.17) is 0 Å². The predicted molar refractivity (Wildman–Crippen MR) is 95.1 cm³/mol. The van der Waals surface area contributed by atoms with Crippen molar-refractivity contribution in [3.63, 3.8) is 0 Å². The van der Waals surface area contributed by atoms with Crippen LogP contribution in [0.5, 0.6) is 0 Å². The van der Waals surface area contributed by atoms with E-state index in [9.17, 15) is 4.79 Å². The second-order valence-electron chi connectivity index (χ2n) is 5.77. The number of nitrogens with one attached hydrogen (secondary N) is 1. The average Bonchev–Trinajstić information content (AvgIpc) is 2.64. The maximum Gasteiger partial charge on any atom is 0.271 e. The van der Waals surface area contributed by atoms with Crippen molar-refractivity contribution in [2.75, 3.05) is 25.0 Å². The van der Waals surface area contributed by atoms with Gasteiger partial charge < -0.3 is 10.2 Å². The number of carbonyl (C=O) groups excluding carboxylic acids is 1. The van der Waals surface area contributed by atoms with Crippen molar-refractivity contribution in [2.45, 2.75) is 32.6 Å². The number of amides is 1. The Bertz CT molecular complexity index is 615. The molecule has 0 aromatic carbocycles. The van der Waals surface area contributed by atoms with Gasteiger partial charge >= 0.3 is 0 Å². The number of aromatic nitrogens is 3. The van der Waals surface area contributed by atoms with Gasteiger partial charge in [0.1, 0.15) is 0 Å². The first-order chi connectivity index (χ1) is 11.7. The van der Waals surface area contributed by atoms with Crippen LogP contribution in [-0.2, 0) is 6.42 Å². The average molecular weight is 327 g/mol. The van der Waals surface area contributed by atoms with E-state index in [-0.39, 0.29) is 5.91 Å². The molecule has 0 saturated carbocycles. The van der Waals surface area contributed by atoms with Crippen LogP contribution < -0.4 is 10.2 Å². The first-order valence-corrected chi connectivity index (χ1v) is 8.42. The molecule has 0 radical (unpaired) electrons. The lowest BCUT2D eigenvalue weighted by Gasteiger charge is -2.17.